The highest BCUT2D eigenvalue weighted by Crippen LogP contribution is 2.39. The van der Waals surface area contributed by atoms with Gasteiger partial charge < -0.3 is 13.9 Å². The molecule has 1 aliphatic heterocycles. The first-order chi connectivity index (χ1) is 13.2. The van der Waals surface area contributed by atoms with Crippen molar-refractivity contribution < 1.29 is 4.42 Å². The molecule has 2 aromatic heterocycles. The number of piperazine rings is 1. The molecule has 2 fully saturated rings. The van der Waals surface area contributed by atoms with E-state index in [1.54, 1.807) is 13.4 Å². The van der Waals surface area contributed by atoms with Crippen molar-refractivity contribution in [3.8, 4) is 0 Å². The zero-order chi connectivity index (χ0) is 18.4. The highest BCUT2D eigenvalue weighted by Gasteiger charge is 2.29. The molecule has 1 saturated carbocycles. The summed E-state index contributed by atoms with van der Waals surface area (Å²) in [5.41, 5.74) is 1.84. The monoisotopic (exact) mass is 366 g/mol. The number of hydrogen-bond acceptors (Lipinski definition) is 7. The van der Waals surface area contributed by atoms with Crippen molar-refractivity contribution in [3.05, 3.63) is 46.7 Å². The minimum Gasteiger partial charge on any atom is -0.424 e. The van der Waals surface area contributed by atoms with Crippen LogP contribution in [-0.4, -0.2) is 50.8 Å². The summed E-state index contributed by atoms with van der Waals surface area (Å²) >= 11 is 0. The zero-order valence-electron chi connectivity index (χ0n) is 15.3. The van der Waals surface area contributed by atoms with Gasteiger partial charge in [0, 0.05) is 44.8 Å². The summed E-state index contributed by atoms with van der Waals surface area (Å²) in [5, 5.41) is 9.00. The molecule has 1 aliphatic carbocycles. The van der Waals surface area contributed by atoms with Gasteiger partial charge in [0.1, 0.15) is 0 Å². The fourth-order valence-electron chi connectivity index (χ4n) is 3.58. The van der Waals surface area contributed by atoms with Gasteiger partial charge in [-0.15, -0.1) is 10.2 Å². The molecule has 3 heterocycles. The Morgan fingerprint density at radius 1 is 1.15 bits per heavy atom. The third-order valence-corrected chi connectivity index (χ3v) is 5.41. The molecule has 140 valence electrons. The van der Waals surface area contributed by atoms with Crippen molar-refractivity contribution in [3.63, 3.8) is 0 Å². The number of anilines is 1. The second-order valence-electron chi connectivity index (χ2n) is 7.43. The maximum Gasteiger partial charge on any atom is 0.260 e. The first kappa shape index (κ1) is 16.4. The summed E-state index contributed by atoms with van der Waals surface area (Å²) in [4.78, 5) is 21.2. The quantitative estimate of drug-likeness (QED) is 0.692. The molecule has 0 spiro atoms. The normalized spacial score (nSPS) is 18.3. The first-order valence-corrected chi connectivity index (χ1v) is 9.42. The molecular weight excluding hydrogens is 344 g/mol. The van der Waals surface area contributed by atoms with Crippen LogP contribution in [0, 0.1) is 0 Å². The van der Waals surface area contributed by atoms with Crippen LogP contribution in [0.2, 0.25) is 0 Å². The molecule has 0 atom stereocenters. The Morgan fingerprint density at radius 3 is 2.74 bits per heavy atom. The molecule has 8 nitrogen and oxygen atoms in total. The van der Waals surface area contributed by atoms with Gasteiger partial charge in [-0.05, 0) is 31.0 Å². The van der Waals surface area contributed by atoms with Crippen LogP contribution >= 0.6 is 0 Å². The molecule has 2 aliphatic rings. The Hall–Kier alpha value is -2.74. The number of hydrogen-bond donors (Lipinski definition) is 0. The number of fused-ring (bicyclic) bond motifs is 1. The van der Waals surface area contributed by atoms with E-state index in [-0.39, 0.29) is 5.56 Å². The van der Waals surface area contributed by atoms with Crippen molar-refractivity contribution in [2.75, 3.05) is 31.1 Å². The van der Waals surface area contributed by atoms with Gasteiger partial charge in [-0.1, -0.05) is 0 Å². The first-order valence-electron chi connectivity index (χ1n) is 9.42. The SMILES string of the molecule is Cn1cnc2cc(N3CCN(Cc4nnc(C5CC5)o4)CC3)ccc2c1=O. The molecule has 27 heavy (non-hydrogen) atoms. The highest BCUT2D eigenvalue weighted by atomic mass is 16.4. The lowest BCUT2D eigenvalue weighted by Gasteiger charge is -2.35. The van der Waals surface area contributed by atoms with Crippen LogP contribution in [0.1, 0.15) is 30.5 Å². The number of rotatable bonds is 4. The van der Waals surface area contributed by atoms with Gasteiger partial charge in [0.2, 0.25) is 11.8 Å². The van der Waals surface area contributed by atoms with E-state index in [1.165, 1.54) is 17.4 Å². The topological polar surface area (TPSA) is 80.3 Å². The number of nitrogens with zero attached hydrogens (tertiary/aromatic N) is 6. The summed E-state index contributed by atoms with van der Waals surface area (Å²) in [7, 11) is 1.72. The molecule has 0 amide bonds. The fourth-order valence-corrected chi connectivity index (χ4v) is 3.58. The Morgan fingerprint density at radius 2 is 1.96 bits per heavy atom. The lowest BCUT2D eigenvalue weighted by Crippen LogP contribution is -2.46. The van der Waals surface area contributed by atoms with Gasteiger partial charge >= 0.3 is 0 Å². The van der Waals surface area contributed by atoms with E-state index in [4.69, 9.17) is 4.42 Å². The van der Waals surface area contributed by atoms with Crippen LogP contribution in [0.4, 0.5) is 5.69 Å². The van der Waals surface area contributed by atoms with Crippen LogP contribution in [0.25, 0.3) is 10.9 Å². The van der Waals surface area contributed by atoms with E-state index in [1.807, 2.05) is 18.2 Å². The minimum atomic E-state index is -0.0125. The van der Waals surface area contributed by atoms with E-state index in [2.05, 4.69) is 25.0 Å². The molecule has 5 rings (SSSR count). The summed E-state index contributed by atoms with van der Waals surface area (Å²) in [6.45, 7) is 4.41. The van der Waals surface area contributed by atoms with Gasteiger partial charge in [-0.3, -0.25) is 9.69 Å². The third kappa shape index (κ3) is 3.21. The third-order valence-electron chi connectivity index (χ3n) is 5.41. The predicted octanol–water partition coefficient (Wildman–Crippen LogP) is 1.52. The van der Waals surface area contributed by atoms with Crippen LogP contribution in [0.3, 0.4) is 0 Å². The largest absolute Gasteiger partial charge is 0.424 e. The smallest absolute Gasteiger partial charge is 0.260 e. The van der Waals surface area contributed by atoms with Crippen molar-refractivity contribution >= 4 is 16.6 Å². The van der Waals surface area contributed by atoms with Crippen molar-refractivity contribution in [2.24, 2.45) is 7.05 Å². The number of aryl methyl sites for hydroxylation is 1. The van der Waals surface area contributed by atoms with Crippen LogP contribution in [0.15, 0.2) is 33.7 Å². The second-order valence-corrected chi connectivity index (χ2v) is 7.43. The van der Waals surface area contributed by atoms with E-state index in [0.717, 1.165) is 49.2 Å². The lowest BCUT2D eigenvalue weighted by molar-refractivity contribution is 0.224. The molecule has 8 heteroatoms. The van der Waals surface area contributed by atoms with E-state index < -0.39 is 0 Å². The average Bonchev–Trinajstić information content (AvgIpc) is 3.45. The van der Waals surface area contributed by atoms with Crippen LogP contribution in [-0.2, 0) is 13.6 Å². The maximum atomic E-state index is 12.2. The van der Waals surface area contributed by atoms with Crippen LogP contribution < -0.4 is 10.5 Å². The van der Waals surface area contributed by atoms with Crippen molar-refractivity contribution in [2.45, 2.75) is 25.3 Å². The summed E-state index contributed by atoms with van der Waals surface area (Å²) in [5.74, 6) is 2.02. The Balaban J connectivity index is 1.25. The second kappa shape index (κ2) is 6.45. The molecular formula is C19H22N6O2. The average molecular weight is 366 g/mol. The molecule has 1 saturated heterocycles. The van der Waals surface area contributed by atoms with E-state index in [9.17, 15) is 4.79 Å². The number of benzene rings is 1. The van der Waals surface area contributed by atoms with Crippen molar-refractivity contribution in [1.29, 1.82) is 0 Å². The maximum absolute atomic E-state index is 12.2. The fraction of sp³-hybridized carbons (Fsp3) is 0.474. The molecule has 0 bridgehead atoms. The van der Waals surface area contributed by atoms with Gasteiger partial charge in [0.15, 0.2) is 0 Å². The summed E-state index contributed by atoms with van der Waals surface area (Å²) in [6.07, 6.45) is 3.92. The minimum absolute atomic E-state index is 0.0125. The summed E-state index contributed by atoms with van der Waals surface area (Å²) in [6, 6.07) is 5.90. The molecule has 1 aromatic carbocycles. The van der Waals surface area contributed by atoms with Gasteiger partial charge in [0.25, 0.3) is 5.56 Å². The van der Waals surface area contributed by atoms with Crippen molar-refractivity contribution in [1.82, 2.24) is 24.6 Å². The molecule has 0 N–H and O–H groups in total. The Labute approximate surface area is 156 Å². The lowest BCUT2D eigenvalue weighted by atomic mass is 10.2. The Bertz CT molecular complexity index is 1030. The van der Waals surface area contributed by atoms with E-state index >= 15 is 0 Å². The molecule has 3 aromatic rings. The van der Waals surface area contributed by atoms with E-state index in [0.29, 0.717) is 17.8 Å². The van der Waals surface area contributed by atoms with Gasteiger partial charge in [-0.25, -0.2) is 4.98 Å². The molecule has 0 radical (unpaired) electrons. The predicted molar refractivity (Wildman–Crippen MR) is 101 cm³/mol. The standard InChI is InChI=1S/C19H22N6O2/c1-23-12-20-16-10-14(4-5-15(16)19(23)26)25-8-6-24(7-9-25)11-17-21-22-18(27-17)13-2-3-13/h4-5,10,12-13H,2-3,6-9,11H2,1H3. The summed E-state index contributed by atoms with van der Waals surface area (Å²) < 4.78 is 7.28. The van der Waals surface area contributed by atoms with Gasteiger partial charge in [-0.2, -0.15) is 0 Å². The van der Waals surface area contributed by atoms with Crippen LogP contribution in [0.5, 0.6) is 0 Å². The Kier molecular flexibility index (Phi) is 3.93. The van der Waals surface area contributed by atoms with Gasteiger partial charge in [0.05, 0.1) is 23.8 Å². The highest BCUT2D eigenvalue weighted by molar-refractivity contribution is 5.81. The zero-order valence-corrected chi connectivity index (χ0v) is 15.3. The molecule has 0 unspecified atom stereocenters. The number of aromatic nitrogens is 4.